The highest BCUT2D eigenvalue weighted by atomic mass is 19.1. The quantitative estimate of drug-likeness (QED) is 0.517. The standard InChI is InChI=1S/C22H24FN5O2/c1-14-11-18-12-15(2)27(22(29)28(18)24-14)10-9-26-7-5-16(6-8-26)21-19-4-3-17(23)13-20(19)30-25-21/h3-4,11-13,16H,5-10H2,1-2H3. The van der Waals surface area contributed by atoms with Gasteiger partial charge in [0.25, 0.3) is 0 Å². The fourth-order valence-electron chi connectivity index (χ4n) is 4.50. The van der Waals surface area contributed by atoms with Crippen molar-refractivity contribution in [2.24, 2.45) is 0 Å². The molecule has 0 spiro atoms. The normalized spacial score (nSPS) is 16.1. The Kier molecular flexibility index (Phi) is 4.66. The Labute approximate surface area is 172 Å². The van der Waals surface area contributed by atoms with E-state index in [0.717, 1.165) is 60.5 Å². The predicted molar refractivity (Wildman–Crippen MR) is 111 cm³/mol. The van der Waals surface area contributed by atoms with Gasteiger partial charge in [0, 0.05) is 36.2 Å². The van der Waals surface area contributed by atoms with Crippen molar-refractivity contribution in [3.8, 4) is 0 Å². The molecule has 1 saturated heterocycles. The number of aryl methyl sites for hydroxylation is 2. The third-order valence-electron chi connectivity index (χ3n) is 6.13. The zero-order chi connectivity index (χ0) is 20.8. The zero-order valence-corrected chi connectivity index (χ0v) is 17.1. The van der Waals surface area contributed by atoms with Crippen LogP contribution in [0.4, 0.5) is 4.39 Å². The van der Waals surface area contributed by atoms with E-state index < -0.39 is 0 Å². The molecule has 0 atom stereocenters. The maximum atomic E-state index is 13.4. The second-order valence-corrected chi connectivity index (χ2v) is 8.17. The molecule has 0 amide bonds. The van der Waals surface area contributed by atoms with Gasteiger partial charge in [-0.05, 0) is 64.0 Å². The summed E-state index contributed by atoms with van der Waals surface area (Å²) in [7, 11) is 0. The van der Waals surface area contributed by atoms with E-state index in [0.29, 0.717) is 18.0 Å². The van der Waals surface area contributed by atoms with E-state index in [4.69, 9.17) is 4.52 Å². The number of nitrogens with zero attached hydrogens (tertiary/aromatic N) is 5. The van der Waals surface area contributed by atoms with Crippen LogP contribution in [0.25, 0.3) is 16.5 Å². The molecule has 30 heavy (non-hydrogen) atoms. The van der Waals surface area contributed by atoms with Gasteiger partial charge >= 0.3 is 5.69 Å². The first-order valence-electron chi connectivity index (χ1n) is 10.3. The van der Waals surface area contributed by atoms with Crippen LogP contribution < -0.4 is 5.69 Å². The minimum atomic E-state index is -0.311. The number of piperidine rings is 1. The molecule has 0 saturated carbocycles. The Morgan fingerprint density at radius 2 is 1.93 bits per heavy atom. The number of halogens is 1. The molecule has 1 aromatic carbocycles. The summed E-state index contributed by atoms with van der Waals surface area (Å²) in [5.74, 6) is -0.00478. The van der Waals surface area contributed by atoms with Crippen molar-refractivity contribution in [2.75, 3.05) is 19.6 Å². The lowest BCUT2D eigenvalue weighted by Gasteiger charge is -2.31. The number of fused-ring (bicyclic) bond motifs is 2. The first kappa shape index (κ1) is 19.0. The van der Waals surface area contributed by atoms with Crippen LogP contribution in [0.3, 0.4) is 0 Å². The Morgan fingerprint density at radius 1 is 1.13 bits per heavy atom. The molecule has 156 valence electrons. The molecular formula is C22H24FN5O2. The average Bonchev–Trinajstić information content (AvgIpc) is 3.31. The smallest absolute Gasteiger partial charge is 0.349 e. The fourth-order valence-corrected chi connectivity index (χ4v) is 4.50. The summed E-state index contributed by atoms with van der Waals surface area (Å²) >= 11 is 0. The first-order valence-corrected chi connectivity index (χ1v) is 10.3. The number of hydrogen-bond acceptors (Lipinski definition) is 5. The summed E-state index contributed by atoms with van der Waals surface area (Å²) < 4.78 is 22.0. The Balaban J connectivity index is 1.26. The molecule has 1 aliphatic rings. The van der Waals surface area contributed by atoms with Gasteiger partial charge in [0.2, 0.25) is 0 Å². The molecule has 5 rings (SSSR count). The summed E-state index contributed by atoms with van der Waals surface area (Å²) in [4.78, 5) is 15.2. The third kappa shape index (κ3) is 3.31. The van der Waals surface area contributed by atoms with Crippen LogP contribution in [0, 0.1) is 19.7 Å². The number of benzene rings is 1. The van der Waals surface area contributed by atoms with E-state index in [1.54, 1.807) is 10.6 Å². The molecule has 0 bridgehead atoms. The molecule has 0 aliphatic carbocycles. The molecule has 8 heteroatoms. The topological polar surface area (TPSA) is 68.6 Å². The SMILES string of the molecule is Cc1cc2cc(C)n(CCN3CCC(c4noc5cc(F)ccc45)CC3)c(=O)n2n1. The molecular weight excluding hydrogens is 385 g/mol. The summed E-state index contributed by atoms with van der Waals surface area (Å²) in [5.41, 5.74) is 3.97. The molecule has 4 aromatic rings. The fraction of sp³-hybridized carbons (Fsp3) is 0.409. The highest BCUT2D eigenvalue weighted by molar-refractivity contribution is 5.79. The van der Waals surface area contributed by atoms with Crippen LogP contribution in [-0.2, 0) is 6.54 Å². The van der Waals surface area contributed by atoms with E-state index in [1.165, 1.54) is 16.6 Å². The van der Waals surface area contributed by atoms with Crippen molar-refractivity contribution >= 4 is 16.5 Å². The maximum Gasteiger partial charge on any atom is 0.349 e. The van der Waals surface area contributed by atoms with E-state index in [1.807, 2.05) is 26.0 Å². The van der Waals surface area contributed by atoms with Crippen molar-refractivity contribution in [3.63, 3.8) is 0 Å². The molecule has 1 fully saturated rings. The Hall–Kier alpha value is -3.00. The van der Waals surface area contributed by atoms with Crippen LogP contribution >= 0.6 is 0 Å². The van der Waals surface area contributed by atoms with Crippen LogP contribution in [0.2, 0.25) is 0 Å². The van der Waals surface area contributed by atoms with E-state index in [2.05, 4.69) is 15.2 Å². The van der Waals surface area contributed by atoms with Crippen LogP contribution in [0.15, 0.2) is 39.6 Å². The Bertz CT molecular complexity index is 1280. The van der Waals surface area contributed by atoms with E-state index in [-0.39, 0.29) is 11.5 Å². The minimum Gasteiger partial charge on any atom is -0.356 e. The first-order chi connectivity index (χ1) is 14.5. The number of rotatable bonds is 4. The zero-order valence-electron chi connectivity index (χ0n) is 17.1. The predicted octanol–water partition coefficient (Wildman–Crippen LogP) is 3.27. The lowest BCUT2D eigenvalue weighted by Crippen LogP contribution is -2.38. The van der Waals surface area contributed by atoms with Gasteiger partial charge in [-0.2, -0.15) is 9.61 Å². The van der Waals surface area contributed by atoms with Gasteiger partial charge < -0.3 is 9.42 Å². The number of aromatic nitrogens is 4. The molecule has 1 aliphatic heterocycles. The van der Waals surface area contributed by atoms with E-state index in [9.17, 15) is 9.18 Å². The summed E-state index contributed by atoms with van der Waals surface area (Å²) in [6.07, 6.45) is 1.93. The number of likely N-dealkylation sites (tertiary alicyclic amines) is 1. The van der Waals surface area contributed by atoms with Crippen molar-refractivity contribution < 1.29 is 8.91 Å². The van der Waals surface area contributed by atoms with Gasteiger partial charge in [0.15, 0.2) is 5.58 Å². The van der Waals surface area contributed by atoms with Gasteiger partial charge in [-0.3, -0.25) is 4.57 Å². The molecule has 3 aromatic heterocycles. The third-order valence-corrected chi connectivity index (χ3v) is 6.13. The summed E-state index contributed by atoms with van der Waals surface area (Å²) in [6.45, 7) is 7.16. The molecule has 0 radical (unpaired) electrons. The minimum absolute atomic E-state index is 0.0886. The maximum absolute atomic E-state index is 13.4. The molecule has 4 heterocycles. The molecule has 0 N–H and O–H groups in total. The second-order valence-electron chi connectivity index (χ2n) is 8.17. The van der Waals surface area contributed by atoms with Crippen LogP contribution in [0.5, 0.6) is 0 Å². The summed E-state index contributed by atoms with van der Waals surface area (Å²) in [5, 5.41) is 9.43. The highest BCUT2D eigenvalue weighted by Gasteiger charge is 2.25. The van der Waals surface area contributed by atoms with Gasteiger partial charge in [-0.15, -0.1) is 0 Å². The van der Waals surface area contributed by atoms with Gasteiger partial charge in [0.1, 0.15) is 5.82 Å². The van der Waals surface area contributed by atoms with Crippen molar-refractivity contribution in [3.05, 3.63) is 63.7 Å². The van der Waals surface area contributed by atoms with Crippen molar-refractivity contribution in [1.29, 1.82) is 0 Å². The molecule has 7 nitrogen and oxygen atoms in total. The van der Waals surface area contributed by atoms with Crippen LogP contribution in [-0.4, -0.2) is 43.9 Å². The van der Waals surface area contributed by atoms with Crippen LogP contribution in [0.1, 0.15) is 35.8 Å². The molecule has 0 unspecified atom stereocenters. The van der Waals surface area contributed by atoms with Crippen molar-refractivity contribution in [1.82, 2.24) is 24.2 Å². The average molecular weight is 409 g/mol. The lowest BCUT2D eigenvalue weighted by atomic mass is 9.91. The largest absolute Gasteiger partial charge is 0.356 e. The van der Waals surface area contributed by atoms with Crippen molar-refractivity contribution in [2.45, 2.75) is 39.2 Å². The summed E-state index contributed by atoms with van der Waals surface area (Å²) in [6, 6.07) is 8.53. The van der Waals surface area contributed by atoms with E-state index >= 15 is 0 Å². The van der Waals surface area contributed by atoms with Gasteiger partial charge in [-0.1, -0.05) is 5.16 Å². The monoisotopic (exact) mass is 409 g/mol. The lowest BCUT2D eigenvalue weighted by molar-refractivity contribution is 0.201. The number of hydrogen-bond donors (Lipinski definition) is 0. The Morgan fingerprint density at radius 3 is 2.73 bits per heavy atom. The second kappa shape index (κ2) is 7.36. The van der Waals surface area contributed by atoms with Gasteiger partial charge in [0.05, 0.1) is 16.9 Å². The van der Waals surface area contributed by atoms with Gasteiger partial charge in [-0.25, -0.2) is 9.18 Å². The highest BCUT2D eigenvalue weighted by Crippen LogP contribution is 2.32.